The molecule has 0 bridgehead atoms. The second kappa shape index (κ2) is 9.45. The summed E-state index contributed by atoms with van der Waals surface area (Å²) in [5, 5.41) is 8.52. The van der Waals surface area contributed by atoms with E-state index in [0.29, 0.717) is 18.0 Å². The lowest BCUT2D eigenvalue weighted by Gasteiger charge is -2.08. The van der Waals surface area contributed by atoms with Crippen molar-refractivity contribution in [2.75, 3.05) is 25.0 Å². The van der Waals surface area contributed by atoms with Gasteiger partial charge in [-0.1, -0.05) is 18.2 Å². The van der Waals surface area contributed by atoms with Crippen LogP contribution in [-0.4, -0.2) is 46.7 Å². The first-order valence-corrected chi connectivity index (χ1v) is 11.3. The van der Waals surface area contributed by atoms with Crippen molar-refractivity contribution in [3.8, 4) is 0 Å². The smallest absolute Gasteiger partial charge is 0.261 e. The molecule has 0 saturated carbocycles. The highest BCUT2D eigenvalue weighted by Gasteiger charge is 2.19. The van der Waals surface area contributed by atoms with Gasteiger partial charge in [-0.2, -0.15) is 0 Å². The van der Waals surface area contributed by atoms with Crippen molar-refractivity contribution in [1.29, 1.82) is 0 Å². The predicted octanol–water partition coefficient (Wildman–Crippen LogP) is 4.29. The number of H-pyrrole nitrogens is 1. The minimum Gasteiger partial charge on any atom is -0.377 e. The van der Waals surface area contributed by atoms with Gasteiger partial charge in [0.15, 0.2) is 0 Å². The molecule has 3 aromatic heterocycles. The summed E-state index contributed by atoms with van der Waals surface area (Å²) in [7, 11) is 0. The lowest BCUT2D eigenvalue weighted by molar-refractivity contribution is 0.0748. The number of aryl methyl sites for hydroxylation is 1. The van der Waals surface area contributed by atoms with Gasteiger partial charge in [0.2, 0.25) is 0 Å². The molecule has 0 atom stereocenters. The Labute approximate surface area is 185 Å². The molecule has 1 aromatic carbocycles. The van der Waals surface area contributed by atoms with Crippen molar-refractivity contribution < 1.29 is 9.53 Å². The zero-order valence-electron chi connectivity index (χ0n) is 18.0. The fraction of sp³-hybridized carbons (Fsp3) is 0.348. The molecule has 4 aromatic rings. The highest BCUT2D eigenvalue weighted by Crippen LogP contribution is 2.33. The second-order valence-corrected chi connectivity index (χ2v) is 8.67. The minimum absolute atomic E-state index is 0.0994. The number of hydrogen-bond donors (Lipinski definition) is 3. The number of fused-ring (bicyclic) bond motifs is 2. The molecule has 3 heterocycles. The van der Waals surface area contributed by atoms with Crippen LogP contribution in [0.2, 0.25) is 0 Å². The van der Waals surface area contributed by atoms with E-state index < -0.39 is 0 Å². The number of ether oxygens (including phenoxy) is 1. The molecule has 31 heavy (non-hydrogen) atoms. The summed E-state index contributed by atoms with van der Waals surface area (Å²) in [4.78, 5) is 26.3. The van der Waals surface area contributed by atoms with Crippen LogP contribution in [-0.2, 0) is 11.2 Å². The molecule has 0 spiro atoms. The molecule has 0 unspecified atom stereocenters. The van der Waals surface area contributed by atoms with E-state index in [9.17, 15) is 4.79 Å². The molecule has 162 valence electrons. The van der Waals surface area contributed by atoms with Crippen LogP contribution in [0.25, 0.3) is 21.1 Å². The van der Waals surface area contributed by atoms with E-state index in [-0.39, 0.29) is 12.0 Å². The normalized spacial score (nSPS) is 11.5. The number of aromatic amines is 1. The van der Waals surface area contributed by atoms with E-state index in [1.165, 1.54) is 22.3 Å². The van der Waals surface area contributed by atoms with E-state index in [1.807, 2.05) is 26.8 Å². The Morgan fingerprint density at radius 1 is 1.23 bits per heavy atom. The highest BCUT2D eigenvalue weighted by atomic mass is 32.1. The molecule has 1 amide bonds. The number of amides is 1. The molecule has 0 fully saturated rings. The van der Waals surface area contributed by atoms with E-state index in [0.717, 1.165) is 40.1 Å². The number of carbonyl (C=O) groups is 1. The Hall–Kier alpha value is -2.97. The van der Waals surface area contributed by atoms with Gasteiger partial charge in [0, 0.05) is 30.2 Å². The van der Waals surface area contributed by atoms with Gasteiger partial charge in [-0.3, -0.25) is 4.79 Å². The summed E-state index contributed by atoms with van der Waals surface area (Å²) in [5.41, 5.74) is 3.31. The third-order valence-electron chi connectivity index (χ3n) is 5.13. The van der Waals surface area contributed by atoms with Gasteiger partial charge in [-0.05, 0) is 44.4 Å². The van der Waals surface area contributed by atoms with Crippen molar-refractivity contribution in [2.24, 2.45) is 0 Å². The van der Waals surface area contributed by atoms with Crippen LogP contribution in [0.4, 0.5) is 5.82 Å². The van der Waals surface area contributed by atoms with Crippen molar-refractivity contribution in [3.05, 3.63) is 52.8 Å². The van der Waals surface area contributed by atoms with Crippen LogP contribution < -0.4 is 10.6 Å². The number of aromatic nitrogens is 3. The Morgan fingerprint density at radius 2 is 2.06 bits per heavy atom. The molecule has 8 heteroatoms. The number of hydrogen-bond acceptors (Lipinski definition) is 6. The average molecular weight is 438 g/mol. The van der Waals surface area contributed by atoms with Crippen molar-refractivity contribution in [3.63, 3.8) is 0 Å². The molecule has 3 N–H and O–H groups in total. The number of thiophene rings is 1. The largest absolute Gasteiger partial charge is 0.377 e. The molecule has 0 radical (unpaired) electrons. The highest BCUT2D eigenvalue weighted by molar-refractivity contribution is 7.20. The SMILES string of the molecule is Cc1c(C(=O)NCCOC(C)C)sc2ncnc(NCCc3c[nH]c4ccccc34)c12. The Bertz CT molecular complexity index is 1200. The zero-order valence-corrected chi connectivity index (χ0v) is 18.8. The van der Waals surface area contributed by atoms with Gasteiger partial charge in [-0.25, -0.2) is 9.97 Å². The maximum Gasteiger partial charge on any atom is 0.261 e. The average Bonchev–Trinajstić information content (AvgIpc) is 3.33. The molecule has 0 aliphatic rings. The molecule has 0 saturated heterocycles. The molecule has 7 nitrogen and oxygen atoms in total. The minimum atomic E-state index is -0.0994. The van der Waals surface area contributed by atoms with E-state index in [1.54, 1.807) is 6.33 Å². The topological polar surface area (TPSA) is 91.9 Å². The quantitative estimate of drug-likeness (QED) is 0.340. The summed E-state index contributed by atoms with van der Waals surface area (Å²) in [6, 6.07) is 8.29. The lowest BCUT2D eigenvalue weighted by Crippen LogP contribution is -2.27. The number of para-hydroxylation sites is 1. The first-order valence-electron chi connectivity index (χ1n) is 10.5. The summed E-state index contributed by atoms with van der Waals surface area (Å²) in [5.74, 6) is 0.665. The molecular formula is C23H27N5O2S. The van der Waals surface area contributed by atoms with Crippen LogP contribution in [0.5, 0.6) is 0 Å². The number of anilines is 1. The Morgan fingerprint density at radius 3 is 2.90 bits per heavy atom. The predicted molar refractivity (Wildman–Crippen MR) is 126 cm³/mol. The number of nitrogens with zero attached hydrogens (tertiary/aromatic N) is 2. The molecular weight excluding hydrogens is 410 g/mol. The fourth-order valence-corrected chi connectivity index (χ4v) is 4.68. The summed E-state index contributed by atoms with van der Waals surface area (Å²) in [6.07, 6.45) is 4.62. The van der Waals surface area contributed by atoms with Gasteiger partial charge in [0.1, 0.15) is 17.0 Å². The molecule has 4 rings (SSSR count). The van der Waals surface area contributed by atoms with Gasteiger partial charge >= 0.3 is 0 Å². The van der Waals surface area contributed by atoms with Crippen LogP contribution in [0.1, 0.15) is 34.6 Å². The van der Waals surface area contributed by atoms with Gasteiger partial charge in [-0.15, -0.1) is 11.3 Å². The third kappa shape index (κ3) is 4.70. The lowest BCUT2D eigenvalue weighted by atomic mass is 10.1. The van der Waals surface area contributed by atoms with E-state index >= 15 is 0 Å². The van der Waals surface area contributed by atoms with Crippen LogP contribution in [0, 0.1) is 6.92 Å². The Kier molecular flexibility index (Phi) is 6.48. The standard InChI is InChI=1S/C23H27N5O2S/c1-14(2)30-11-10-25-22(29)20-15(3)19-21(27-13-28-23(19)31-20)24-9-8-16-12-26-18-7-5-4-6-17(16)18/h4-7,12-14,26H,8-11H2,1-3H3,(H,25,29)(H,24,27,28). The summed E-state index contributed by atoms with van der Waals surface area (Å²) in [6.45, 7) is 7.61. The summed E-state index contributed by atoms with van der Waals surface area (Å²) < 4.78 is 5.49. The van der Waals surface area contributed by atoms with Gasteiger partial charge in [0.05, 0.1) is 23.0 Å². The zero-order chi connectivity index (χ0) is 21.8. The van der Waals surface area contributed by atoms with E-state index in [2.05, 4.69) is 50.0 Å². The van der Waals surface area contributed by atoms with Gasteiger partial charge < -0.3 is 20.4 Å². The maximum atomic E-state index is 12.7. The van der Waals surface area contributed by atoms with Crippen LogP contribution in [0.15, 0.2) is 36.8 Å². The molecule has 0 aliphatic heterocycles. The van der Waals surface area contributed by atoms with Crippen LogP contribution >= 0.6 is 11.3 Å². The van der Waals surface area contributed by atoms with Crippen LogP contribution in [0.3, 0.4) is 0 Å². The van der Waals surface area contributed by atoms with Crippen molar-refractivity contribution in [2.45, 2.75) is 33.3 Å². The second-order valence-electron chi connectivity index (χ2n) is 7.67. The van der Waals surface area contributed by atoms with Crippen molar-refractivity contribution >= 4 is 44.2 Å². The first-order chi connectivity index (χ1) is 15.0. The van der Waals surface area contributed by atoms with E-state index in [4.69, 9.17) is 4.74 Å². The number of nitrogens with one attached hydrogen (secondary N) is 3. The van der Waals surface area contributed by atoms with Crippen molar-refractivity contribution in [1.82, 2.24) is 20.3 Å². The Balaban J connectivity index is 1.45. The first kappa shape index (κ1) is 21.3. The maximum absolute atomic E-state index is 12.7. The third-order valence-corrected chi connectivity index (χ3v) is 6.33. The monoisotopic (exact) mass is 437 g/mol. The molecule has 0 aliphatic carbocycles. The number of benzene rings is 1. The summed E-state index contributed by atoms with van der Waals surface area (Å²) >= 11 is 1.39. The van der Waals surface area contributed by atoms with Gasteiger partial charge in [0.25, 0.3) is 5.91 Å². The fourth-order valence-electron chi connectivity index (χ4n) is 3.62. The number of rotatable bonds is 9. The number of carbonyl (C=O) groups excluding carboxylic acids is 1.